The van der Waals surface area contributed by atoms with Gasteiger partial charge < -0.3 is 4.98 Å². The molecule has 1 N–H and O–H groups in total. The second-order valence-corrected chi connectivity index (χ2v) is 9.04. The van der Waals surface area contributed by atoms with E-state index in [1.807, 2.05) is 0 Å². The first-order chi connectivity index (χ1) is 8.72. The van der Waals surface area contributed by atoms with Crippen molar-refractivity contribution in [1.82, 2.24) is 14.3 Å². The van der Waals surface area contributed by atoms with Gasteiger partial charge in [0, 0.05) is 12.6 Å². The van der Waals surface area contributed by atoms with Gasteiger partial charge in [-0.2, -0.15) is 4.31 Å². The topological polar surface area (TPSA) is 66.1 Å². The van der Waals surface area contributed by atoms with E-state index in [0.29, 0.717) is 6.54 Å². The number of nitrogens with zero attached hydrogens (tertiary/aromatic N) is 2. The average molecular weight is 283 g/mol. The van der Waals surface area contributed by atoms with Crippen LogP contribution in [-0.2, 0) is 10.0 Å². The lowest BCUT2D eigenvalue weighted by molar-refractivity contribution is 0.133. The summed E-state index contributed by atoms with van der Waals surface area (Å²) >= 11 is 0. The molecular formula is C13H21N3O2S. The summed E-state index contributed by atoms with van der Waals surface area (Å²) in [5.74, 6) is 0. The van der Waals surface area contributed by atoms with E-state index in [0.717, 1.165) is 19.3 Å². The maximum Gasteiger partial charge on any atom is 0.260 e. The van der Waals surface area contributed by atoms with Gasteiger partial charge in [0.1, 0.15) is 0 Å². The zero-order valence-corrected chi connectivity index (χ0v) is 12.5. The van der Waals surface area contributed by atoms with Gasteiger partial charge in [-0.1, -0.05) is 20.8 Å². The number of hydrogen-bond acceptors (Lipinski definition) is 3. The van der Waals surface area contributed by atoms with Crippen molar-refractivity contribution >= 4 is 10.0 Å². The van der Waals surface area contributed by atoms with Gasteiger partial charge in [0.2, 0.25) is 0 Å². The van der Waals surface area contributed by atoms with Gasteiger partial charge in [-0.3, -0.25) is 0 Å². The Morgan fingerprint density at radius 1 is 1.37 bits per heavy atom. The smallest absolute Gasteiger partial charge is 0.260 e. The van der Waals surface area contributed by atoms with Crippen molar-refractivity contribution in [2.45, 2.75) is 51.1 Å². The van der Waals surface area contributed by atoms with E-state index < -0.39 is 10.0 Å². The van der Waals surface area contributed by atoms with Crippen LogP contribution in [0.2, 0.25) is 0 Å². The Morgan fingerprint density at radius 2 is 2.11 bits per heavy atom. The van der Waals surface area contributed by atoms with Crippen LogP contribution in [0.1, 0.15) is 40.0 Å². The third kappa shape index (κ3) is 2.10. The van der Waals surface area contributed by atoms with Crippen LogP contribution in [0, 0.1) is 10.8 Å². The summed E-state index contributed by atoms with van der Waals surface area (Å²) in [6, 6.07) is 0.127. The zero-order valence-electron chi connectivity index (χ0n) is 11.7. The number of aromatic nitrogens is 2. The quantitative estimate of drug-likeness (QED) is 0.902. The number of rotatable bonds is 2. The molecule has 5 nitrogen and oxygen atoms in total. The number of sulfonamides is 1. The molecule has 3 rings (SSSR count). The summed E-state index contributed by atoms with van der Waals surface area (Å²) < 4.78 is 27.0. The first kappa shape index (κ1) is 13.1. The summed E-state index contributed by atoms with van der Waals surface area (Å²) in [6.07, 6.45) is 5.82. The Hall–Kier alpha value is -0.880. The standard InChI is InChI=1S/C13H21N3O2S/c1-12(2)4-10-5-13(3,7-12)8-16(10)19(17,18)11-6-14-9-15-11/h6,9-10H,4-5,7-8H2,1-3H3,(H,14,15). The van der Waals surface area contributed by atoms with Crippen molar-refractivity contribution in [1.29, 1.82) is 0 Å². The number of nitrogens with one attached hydrogen (secondary N) is 1. The predicted octanol–water partition coefficient (Wildman–Crippen LogP) is 2.00. The molecule has 2 fully saturated rings. The third-order valence-corrected chi connectivity index (χ3v) is 6.25. The summed E-state index contributed by atoms with van der Waals surface area (Å²) in [5.41, 5.74) is 0.329. The molecule has 106 valence electrons. The van der Waals surface area contributed by atoms with Gasteiger partial charge in [-0.15, -0.1) is 0 Å². The molecule has 1 saturated carbocycles. The molecule has 0 spiro atoms. The molecule has 2 bridgehead atoms. The van der Waals surface area contributed by atoms with Crippen LogP contribution < -0.4 is 0 Å². The molecule has 0 radical (unpaired) electrons. The molecule has 2 heterocycles. The maximum atomic E-state index is 12.6. The fraction of sp³-hybridized carbons (Fsp3) is 0.769. The fourth-order valence-corrected chi connectivity index (χ4v) is 5.87. The van der Waals surface area contributed by atoms with Crippen LogP contribution >= 0.6 is 0 Å². The van der Waals surface area contributed by atoms with Gasteiger partial charge in [0.25, 0.3) is 10.0 Å². The number of hydrogen-bond donors (Lipinski definition) is 1. The van der Waals surface area contributed by atoms with Gasteiger partial charge in [0.05, 0.1) is 12.5 Å². The molecular weight excluding hydrogens is 262 g/mol. The normalized spacial score (nSPS) is 34.6. The molecule has 2 unspecified atom stereocenters. The minimum absolute atomic E-state index is 0.111. The van der Waals surface area contributed by atoms with Crippen LogP contribution in [0.25, 0.3) is 0 Å². The minimum atomic E-state index is -3.42. The fourth-order valence-electron chi connectivity index (χ4n) is 4.20. The second-order valence-electron chi connectivity index (χ2n) is 7.18. The summed E-state index contributed by atoms with van der Waals surface area (Å²) in [6.45, 7) is 7.32. The molecule has 2 aliphatic rings. The highest BCUT2D eigenvalue weighted by Crippen LogP contribution is 2.53. The molecule has 1 aliphatic carbocycles. The molecule has 19 heavy (non-hydrogen) atoms. The van der Waals surface area contributed by atoms with Crippen LogP contribution in [0.4, 0.5) is 0 Å². The first-order valence-corrected chi connectivity index (χ1v) is 8.16. The first-order valence-electron chi connectivity index (χ1n) is 6.72. The largest absolute Gasteiger partial charge is 0.335 e. The Kier molecular flexibility index (Phi) is 2.64. The molecule has 1 aliphatic heterocycles. The number of H-pyrrole nitrogens is 1. The van der Waals surface area contributed by atoms with Crippen LogP contribution in [0.3, 0.4) is 0 Å². The van der Waals surface area contributed by atoms with E-state index in [1.165, 1.54) is 12.5 Å². The highest BCUT2D eigenvalue weighted by Gasteiger charge is 2.53. The lowest BCUT2D eigenvalue weighted by Crippen LogP contribution is -2.37. The van der Waals surface area contributed by atoms with Crippen molar-refractivity contribution in [3.63, 3.8) is 0 Å². The lowest BCUT2D eigenvalue weighted by atomic mass is 9.65. The highest BCUT2D eigenvalue weighted by molar-refractivity contribution is 7.89. The van der Waals surface area contributed by atoms with Gasteiger partial charge in [-0.25, -0.2) is 13.4 Å². The van der Waals surface area contributed by atoms with E-state index in [9.17, 15) is 8.42 Å². The zero-order chi connectivity index (χ0) is 13.9. The van der Waals surface area contributed by atoms with Crippen molar-refractivity contribution < 1.29 is 8.42 Å². The Bertz CT molecular complexity index is 579. The van der Waals surface area contributed by atoms with Crippen molar-refractivity contribution in [3.05, 3.63) is 12.5 Å². The third-order valence-electron chi connectivity index (χ3n) is 4.43. The average Bonchev–Trinajstić information content (AvgIpc) is 2.83. The maximum absolute atomic E-state index is 12.6. The molecule has 6 heteroatoms. The van der Waals surface area contributed by atoms with Crippen LogP contribution in [0.15, 0.2) is 17.6 Å². The van der Waals surface area contributed by atoms with E-state index in [4.69, 9.17) is 0 Å². The molecule has 1 aromatic rings. The minimum Gasteiger partial charge on any atom is -0.335 e. The van der Waals surface area contributed by atoms with E-state index >= 15 is 0 Å². The SMILES string of the molecule is CC1(C)CC2CC(C)(CN2S(=O)(=O)c2cnc[nH]2)C1. The highest BCUT2D eigenvalue weighted by atomic mass is 32.2. The second kappa shape index (κ2) is 3.82. The number of fused-ring (bicyclic) bond motifs is 2. The van der Waals surface area contributed by atoms with Crippen molar-refractivity contribution in [2.24, 2.45) is 10.8 Å². The number of imidazole rings is 1. The van der Waals surface area contributed by atoms with Crippen LogP contribution in [0.5, 0.6) is 0 Å². The lowest BCUT2D eigenvalue weighted by Gasteiger charge is -2.39. The van der Waals surface area contributed by atoms with Gasteiger partial charge in [0.15, 0.2) is 5.03 Å². The molecule has 1 aromatic heterocycles. The summed E-state index contributed by atoms with van der Waals surface area (Å²) in [7, 11) is -3.42. The van der Waals surface area contributed by atoms with E-state index in [-0.39, 0.29) is 21.9 Å². The Morgan fingerprint density at radius 3 is 2.74 bits per heavy atom. The van der Waals surface area contributed by atoms with Gasteiger partial charge >= 0.3 is 0 Å². The Labute approximate surface area is 114 Å². The molecule has 2 atom stereocenters. The summed E-state index contributed by atoms with van der Waals surface area (Å²) in [4.78, 5) is 6.56. The number of aromatic amines is 1. The monoisotopic (exact) mass is 283 g/mol. The van der Waals surface area contributed by atoms with Crippen LogP contribution in [-0.4, -0.2) is 35.3 Å². The molecule has 1 saturated heterocycles. The van der Waals surface area contributed by atoms with Crippen molar-refractivity contribution in [2.75, 3.05) is 6.54 Å². The molecule has 0 amide bonds. The summed E-state index contributed by atoms with van der Waals surface area (Å²) in [5, 5.41) is 0.210. The Balaban J connectivity index is 1.97. The van der Waals surface area contributed by atoms with E-state index in [2.05, 4.69) is 30.7 Å². The van der Waals surface area contributed by atoms with Crippen molar-refractivity contribution in [3.8, 4) is 0 Å². The van der Waals surface area contributed by atoms with Gasteiger partial charge in [-0.05, 0) is 30.1 Å². The predicted molar refractivity (Wildman–Crippen MR) is 72.0 cm³/mol. The van der Waals surface area contributed by atoms with E-state index in [1.54, 1.807) is 4.31 Å². The molecule has 0 aromatic carbocycles.